The molecule has 1 heterocycles. The summed E-state index contributed by atoms with van der Waals surface area (Å²) in [5.41, 5.74) is 0.742. The van der Waals surface area contributed by atoms with E-state index in [0.717, 1.165) is 11.3 Å². The highest BCUT2D eigenvalue weighted by molar-refractivity contribution is 7.89. The van der Waals surface area contributed by atoms with Gasteiger partial charge in [-0.1, -0.05) is 5.16 Å². The monoisotopic (exact) mass is 389 g/mol. The molecule has 0 spiro atoms. The number of aromatic nitrogens is 2. The number of nitrogens with zero attached hydrogens (tertiary/aromatic N) is 2. The van der Waals surface area contributed by atoms with Gasteiger partial charge in [0, 0.05) is 5.56 Å². The van der Waals surface area contributed by atoms with Crippen LogP contribution in [0.1, 0.15) is 12.8 Å². The van der Waals surface area contributed by atoms with E-state index in [1.807, 2.05) is 6.92 Å². The first-order valence-electron chi connectivity index (χ1n) is 8.21. The van der Waals surface area contributed by atoms with Crippen molar-refractivity contribution in [2.45, 2.75) is 18.4 Å². The van der Waals surface area contributed by atoms with Gasteiger partial charge in [0.05, 0.1) is 25.2 Å². The average Bonchev–Trinajstić information content (AvgIpc) is 3.16. The lowest BCUT2D eigenvalue weighted by Gasteiger charge is -2.05. The minimum absolute atomic E-state index is 0.113. The Labute approximate surface area is 157 Å². The van der Waals surface area contributed by atoms with Gasteiger partial charge in [-0.15, -0.1) is 0 Å². The highest BCUT2D eigenvalue weighted by Crippen LogP contribution is 2.20. The predicted molar refractivity (Wildman–Crippen MR) is 97.9 cm³/mol. The van der Waals surface area contributed by atoms with Gasteiger partial charge in [-0.25, -0.2) is 13.1 Å². The van der Waals surface area contributed by atoms with Crippen LogP contribution in [0.25, 0.3) is 11.4 Å². The zero-order valence-electron chi connectivity index (χ0n) is 14.9. The fourth-order valence-corrected chi connectivity index (χ4v) is 3.28. The summed E-state index contributed by atoms with van der Waals surface area (Å²) in [6.07, 6.45) is 0. The number of nitrogens with one attached hydrogen (secondary N) is 1. The van der Waals surface area contributed by atoms with Crippen LogP contribution in [0.15, 0.2) is 57.9 Å². The summed E-state index contributed by atoms with van der Waals surface area (Å²) in [7, 11) is -2.19. The van der Waals surface area contributed by atoms with Crippen LogP contribution >= 0.6 is 0 Å². The number of benzene rings is 2. The summed E-state index contributed by atoms with van der Waals surface area (Å²) < 4.78 is 42.6. The number of hydrogen-bond donors (Lipinski definition) is 1. The first-order chi connectivity index (χ1) is 13.0. The molecule has 8 nitrogen and oxygen atoms in total. The van der Waals surface area contributed by atoms with E-state index < -0.39 is 10.0 Å². The zero-order valence-corrected chi connectivity index (χ0v) is 15.7. The normalized spacial score (nSPS) is 11.3. The van der Waals surface area contributed by atoms with E-state index in [4.69, 9.17) is 14.0 Å². The van der Waals surface area contributed by atoms with E-state index in [1.165, 1.54) is 19.2 Å². The quantitative estimate of drug-likeness (QED) is 0.631. The highest BCUT2D eigenvalue weighted by Gasteiger charge is 2.16. The van der Waals surface area contributed by atoms with Gasteiger partial charge in [0.25, 0.3) is 0 Å². The van der Waals surface area contributed by atoms with Crippen molar-refractivity contribution >= 4 is 10.0 Å². The average molecular weight is 389 g/mol. The molecule has 142 valence electrons. The molecule has 1 N–H and O–H groups in total. The molecule has 0 aliphatic heterocycles. The third-order valence-electron chi connectivity index (χ3n) is 3.67. The zero-order chi connectivity index (χ0) is 19.3. The van der Waals surface area contributed by atoms with E-state index >= 15 is 0 Å². The van der Waals surface area contributed by atoms with Gasteiger partial charge in [-0.2, -0.15) is 4.98 Å². The molecule has 0 aliphatic carbocycles. The Morgan fingerprint density at radius 2 is 1.70 bits per heavy atom. The van der Waals surface area contributed by atoms with Crippen molar-refractivity contribution in [2.24, 2.45) is 0 Å². The van der Waals surface area contributed by atoms with Gasteiger partial charge in [-0.3, -0.25) is 0 Å². The van der Waals surface area contributed by atoms with Crippen LogP contribution < -0.4 is 14.2 Å². The predicted octanol–water partition coefficient (Wildman–Crippen LogP) is 2.62. The second-order valence-electron chi connectivity index (χ2n) is 5.47. The first-order valence-corrected chi connectivity index (χ1v) is 9.69. The summed E-state index contributed by atoms with van der Waals surface area (Å²) in [6, 6.07) is 13.3. The molecule has 9 heteroatoms. The molecule has 0 saturated carbocycles. The van der Waals surface area contributed by atoms with Crippen molar-refractivity contribution < 1.29 is 22.4 Å². The molecule has 27 heavy (non-hydrogen) atoms. The van der Waals surface area contributed by atoms with Crippen molar-refractivity contribution in [1.82, 2.24) is 14.9 Å². The molecule has 0 fully saturated rings. The van der Waals surface area contributed by atoms with E-state index in [9.17, 15) is 8.42 Å². The molecule has 0 saturated heterocycles. The summed E-state index contributed by atoms with van der Waals surface area (Å²) in [5, 5.41) is 3.88. The van der Waals surface area contributed by atoms with Crippen LogP contribution in [0.4, 0.5) is 0 Å². The lowest BCUT2D eigenvalue weighted by Crippen LogP contribution is -2.23. The van der Waals surface area contributed by atoms with E-state index in [0.29, 0.717) is 18.2 Å². The number of sulfonamides is 1. The van der Waals surface area contributed by atoms with Crippen LogP contribution in [0.3, 0.4) is 0 Å². The molecule has 3 aromatic rings. The summed E-state index contributed by atoms with van der Waals surface area (Å²) in [6.45, 7) is 2.38. The van der Waals surface area contributed by atoms with Crippen molar-refractivity contribution in [3.63, 3.8) is 0 Å². The largest absolute Gasteiger partial charge is 0.497 e. The van der Waals surface area contributed by atoms with Crippen LogP contribution in [-0.2, 0) is 16.6 Å². The van der Waals surface area contributed by atoms with Gasteiger partial charge in [0.15, 0.2) is 0 Å². The lowest BCUT2D eigenvalue weighted by molar-refractivity contribution is 0.340. The maximum atomic E-state index is 12.3. The first kappa shape index (κ1) is 18.9. The lowest BCUT2D eigenvalue weighted by atomic mass is 10.2. The Morgan fingerprint density at radius 3 is 2.33 bits per heavy atom. The Kier molecular flexibility index (Phi) is 5.72. The maximum absolute atomic E-state index is 12.3. The second kappa shape index (κ2) is 8.19. The van der Waals surface area contributed by atoms with Gasteiger partial charge >= 0.3 is 0 Å². The highest BCUT2D eigenvalue weighted by atomic mass is 32.2. The van der Waals surface area contributed by atoms with Gasteiger partial charge < -0.3 is 14.0 Å². The number of ether oxygens (including phenoxy) is 2. The van der Waals surface area contributed by atoms with Crippen LogP contribution in [0.2, 0.25) is 0 Å². The van der Waals surface area contributed by atoms with E-state index in [1.54, 1.807) is 36.4 Å². The Hall–Kier alpha value is -2.91. The van der Waals surface area contributed by atoms with Crippen molar-refractivity contribution in [3.8, 4) is 22.9 Å². The summed E-state index contributed by atoms with van der Waals surface area (Å²) in [4.78, 5) is 4.33. The molecule has 0 bridgehead atoms. The fraction of sp³-hybridized carbons (Fsp3) is 0.222. The van der Waals surface area contributed by atoms with Crippen LogP contribution in [0.5, 0.6) is 11.5 Å². The topological polar surface area (TPSA) is 104 Å². The molecule has 0 amide bonds. The molecule has 3 rings (SSSR count). The minimum atomic E-state index is -3.70. The minimum Gasteiger partial charge on any atom is -0.497 e. The number of methoxy groups -OCH3 is 1. The van der Waals surface area contributed by atoms with Gasteiger partial charge in [0.2, 0.25) is 21.7 Å². The number of hydrogen-bond acceptors (Lipinski definition) is 7. The Balaban J connectivity index is 1.66. The Bertz CT molecular complexity index is 983. The van der Waals surface area contributed by atoms with Crippen LogP contribution in [0, 0.1) is 0 Å². The summed E-state index contributed by atoms with van der Waals surface area (Å²) >= 11 is 0. The SMILES string of the molecule is CCOc1ccc(-c2noc(CNS(=O)(=O)c3ccc(OC)cc3)n2)cc1. The standard InChI is InChI=1S/C18H19N3O5S/c1-3-25-15-6-4-13(5-7-15)18-20-17(26-21-18)12-19-27(22,23)16-10-8-14(24-2)9-11-16/h4-11,19H,3,12H2,1-2H3. The smallest absolute Gasteiger partial charge is 0.242 e. The molecule has 1 aromatic heterocycles. The van der Waals surface area contributed by atoms with E-state index in [-0.39, 0.29) is 17.3 Å². The van der Waals surface area contributed by atoms with Crippen molar-refractivity contribution in [2.75, 3.05) is 13.7 Å². The molecule has 2 aromatic carbocycles. The second-order valence-corrected chi connectivity index (χ2v) is 7.24. The summed E-state index contributed by atoms with van der Waals surface area (Å²) in [5.74, 6) is 1.86. The molecule has 0 aliphatic rings. The molecule has 0 unspecified atom stereocenters. The Morgan fingerprint density at radius 1 is 1.04 bits per heavy atom. The maximum Gasteiger partial charge on any atom is 0.242 e. The van der Waals surface area contributed by atoms with Crippen molar-refractivity contribution in [1.29, 1.82) is 0 Å². The van der Waals surface area contributed by atoms with Gasteiger partial charge in [-0.05, 0) is 55.5 Å². The molecular weight excluding hydrogens is 370 g/mol. The van der Waals surface area contributed by atoms with E-state index in [2.05, 4.69) is 14.9 Å². The molecule has 0 radical (unpaired) electrons. The van der Waals surface area contributed by atoms with Crippen LogP contribution in [-0.4, -0.2) is 32.3 Å². The van der Waals surface area contributed by atoms with Gasteiger partial charge in [0.1, 0.15) is 11.5 Å². The third-order valence-corrected chi connectivity index (χ3v) is 5.09. The third kappa shape index (κ3) is 4.63. The number of rotatable bonds is 8. The molecular formula is C18H19N3O5S. The molecule has 0 atom stereocenters. The van der Waals surface area contributed by atoms with Crippen molar-refractivity contribution in [3.05, 3.63) is 54.4 Å². The fourth-order valence-electron chi connectivity index (χ4n) is 2.31.